The van der Waals surface area contributed by atoms with Crippen LogP contribution in [0.5, 0.6) is 0 Å². The van der Waals surface area contributed by atoms with Crippen LogP contribution in [-0.4, -0.2) is 16.1 Å². The van der Waals surface area contributed by atoms with Gasteiger partial charge in [0.05, 0.1) is 12.5 Å². The largest absolute Gasteiger partial charge is 0.481 e. The molecule has 66 valence electrons. The van der Waals surface area contributed by atoms with Gasteiger partial charge in [0.15, 0.2) is 5.13 Å². The number of nitrogens with zero attached hydrogens (tertiary/aromatic N) is 1. The van der Waals surface area contributed by atoms with Crippen LogP contribution in [0.15, 0.2) is 6.20 Å². The first-order chi connectivity index (χ1) is 5.59. The number of nitrogens with two attached hydrogens (primary N) is 2. The average molecular weight is 187 g/mol. The van der Waals surface area contributed by atoms with Gasteiger partial charge in [0.2, 0.25) is 0 Å². The van der Waals surface area contributed by atoms with Gasteiger partial charge < -0.3 is 16.6 Å². The molecule has 0 aliphatic rings. The van der Waals surface area contributed by atoms with E-state index in [1.54, 1.807) is 0 Å². The second-order valence-electron chi connectivity index (χ2n) is 2.31. The van der Waals surface area contributed by atoms with E-state index in [9.17, 15) is 4.79 Å². The molecule has 0 bridgehead atoms. The molecule has 0 amide bonds. The third-order valence-corrected chi connectivity index (χ3v) is 2.26. The van der Waals surface area contributed by atoms with Crippen LogP contribution in [-0.2, 0) is 4.79 Å². The van der Waals surface area contributed by atoms with Crippen LogP contribution in [0.1, 0.15) is 17.3 Å². The molecule has 0 spiro atoms. The molecule has 0 aliphatic carbocycles. The van der Waals surface area contributed by atoms with E-state index in [1.807, 2.05) is 0 Å². The highest BCUT2D eigenvalue weighted by atomic mass is 32.1. The van der Waals surface area contributed by atoms with Gasteiger partial charge in [-0.2, -0.15) is 0 Å². The van der Waals surface area contributed by atoms with Gasteiger partial charge in [-0.3, -0.25) is 4.79 Å². The molecule has 0 saturated carbocycles. The van der Waals surface area contributed by atoms with Crippen molar-refractivity contribution in [3.8, 4) is 0 Å². The normalized spacial score (nSPS) is 12.8. The van der Waals surface area contributed by atoms with Crippen molar-refractivity contribution in [2.45, 2.75) is 12.5 Å². The van der Waals surface area contributed by atoms with Gasteiger partial charge in [-0.25, -0.2) is 4.98 Å². The SMILES string of the molecule is Nc1ncc(C(N)CC(=O)O)s1. The van der Waals surface area contributed by atoms with E-state index in [0.29, 0.717) is 10.0 Å². The van der Waals surface area contributed by atoms with E-state index in [1.165, 1.54) is 17.5 Å². The van der Waals surface area contributed by atoms with Gasteiger partial charge in [-0.1, -0.05) is 0 Å². The number of carboxylic acid groups (broad SMARTS) is 1. The van der Waals surface area contributed by atoms with E-state index in [4.69, 9.17) is 16.6 Å². The summed E-state index contributed by atoms with van der Waals surface area (Å²) >= 11 is 1.22. The number of aliphatic carboxylic acids is 1. The number of hydrogen-bond donors (Lipinski definition) is 3. The first kappa shape index (κ1) is 8.95. The van der Waals surface area contributed by atoms with E-state index < -0.39 is 12.0 Å². The van der Waals surface area contributed by atoms with E-state index in [0.717, 1.165) is 0 Å². The van der Waals surface area contributed by atoms with E-state index in [-0.39, 0.29) is 6.42 Å². The second kappa shape index (κ2) is 3.51. The lowest BCUT2D eigenvalue weighted by molar-refractivity contribution is -0.137. The second-order valence-corrected chi connectivity index (χ2v) is 3.40. The highest BCUT2D eigenvalue weighted by molar-refractivity contribution is 7.15. The van der Waals surface area contributed by atoms with Crippen molar-refractivity contribution in [3.05, 3.63) is 11.1 Å². The fourth-order valence-corrected chi connectivity index (χ4v) is 1.45. The molecule has 5 N–H and O–H groups in total. The molecule has 0 saturated heterocycles. The van der Waals surface area contributed by atoms with Crippen molar-refractivity contribution in [2.24, 2.45) is 5.73 Å². The van der Waals surface area contributed by atoms with Crippen molar-refractivity contribution in [2.75, 3.05) is 5.73 Å². The Morgan fingerprint density at radius 3 is 2.92 bits per heavy atom. The fraction of sp³-hybridized carbons (Fsp3) is 0.333. The summed E-state index contributed by atoms with van der Waals surface area (Å²) in [4.78, 5) is 14.7. The van der Waals surface area contributed by atoms with Crippen molar-refractivity contribution < 1.29 is 9.90 Å². The molecular formula is C6H9N3O2S. The monoisotopic (exact) mass is 187 g/mol. The Bertz CT molecular complexity index is 286. The van der Waals surface area contributed by atoms with Gasteiger partial charge in [-0.15, -0.1) is 11.3 Å². The maximum Gasteiger partial charge on any atom is 0.305 e. The third-order valence-electron chi connectivity index (χ3n) is 1.30. The maximum absolute atomic E-state index is 10.3. The zero-order chi connectivity index (χ0) is 9.14. The summed E-state index contributed by atoms with van der Waals surface area (Å²) in [5.74, 6) is -0.922. The summed E-state index contributed by atoms with van der Waals surface area (Å²) in [7, 11) is 0. The molecule has 6 heteroatoms. The quantitative estimate of drug-likeness (QED) is 0.627. The van der Waals surface area contributed by atoms with Crippen molar-refractivity contribution in [1.82, 2.24) is 4.98 Å². The van der Waals surface area contributed by atoms with Crippen LogP contribution in [0.2, 0.25) is 0 Å². The summed E-state index contributed by atoms with van der Waals surface area (Å²) < 4.78 is 0. The standard InChI is InChI=1S/C6H9N3O2S/c7-3(1-5(10)11)4-2-9-6(8)12-4/h2-3H,1,7H2,(H2,8,9)(H,10,11). The van der Waals surface area contributed by atoms with Gasteiger partial charge in [0, 0.05) is 11.1 Å². The lowest BCUT2D eigenvalue weighted by Gasteiger charge is -2.03. The number of hydrogen-bond acceptors (Lipinski definition) is 5. The highest BCUT2D eigenvalue weighted by Gasteiger charge is 2.12. The molecule has 1 aromatic rings. The zero-order valence-corrected chi connectivity index (χ0v) is 7.04. The Labute approximate surface area is 73.0 Å². The minimum absolute atomic E-state index is 0.0956. The molecule has 1 rings (SSSR count). The predicted octanol–water partition coefficient (Wildman–Crippen LogP) is 0.200. The Balaban J connectivity index is 2.64. The highest BCUT2D eigenvalue weighted by Crippen LogP contribution is 2.22. The Hall–Kier alpha value is -1.14. The van der Waals surface area contributed by atoms with Crippen LogP contribution in [0, 0.1) is 0 Å². The molecule has 1 atom stereocenters. The van der Waals surface area contributed by atoms with Crippen LogP contribution in [0.25, 0.3) is 0 Å². The Kier molecular flexibility index (Phi) is 2.61. The molecule has 12 heavy (non-hydrogen) atoms. The summed E-state index contributed by atoms with van der Waals surface area (Å²) in [5.41, 5.74) is 10.9. The molecule has 1 unspecified atom stereocenters. The van der Waals surface area contributed by atoms with Gasteiger partial charge in [0.25, 0.3) is 0 Å². The lowest BCUT2D eigenvalue weighted by atomic mass is 10.2. The third kappa shape index (κ3) is 2.18. The molecule has 0 fully saturated rings. The molecule has 0 aliphatic heterocycles. The summed E-state index contributed by atoms with van der Waals surface area (Å²) in [6, 6.07) is -0.503. The van der Waals surface area contributed by atoms with E-state index in [2.05, 4.69) is 4.98 Å². The van der Waals surface area contributed by atoms with E-state index >= 15 is 0 Å². The van der Waals surface area contributed by atoms with Gasteiger partial charge >= 0.3 is 5.97 Å². The number of anilines is 1. The van der Waals surface area contributed by atoms with Gasteiger partial charge in [0.1, 0.15) is 0 Å². The summed E-state index contributed by atoms with van der Waals surface area (Å²) in [5, 5.41) is 8.83. The first-order valence-corrected chi connectivity index (χ1v) is 4.10. The number of carbonyl (C=O) groups is 1. The molecule has 0 radical (unpaired) electrons. The number of aromatic nitrogens is 1. The van der Waals surface area contributed by atoms with Crippen LogP contribution < -0.4 is 11.5 Å². The van der Waals surface area contributed by atoms with Crippen LogP contribution in [0.3, 0.4) is 0 Å². The topological polar surface area (TPSA) is 102 Å². The number of nitrogen functional groups attached to an aromatic ring is 1. The Morgan fingerprint density at radius 2 is 2.50 bits per heavy atom. The number of thiazole rings is 1. The number of rotatable bonds is 3. The maximum atomic E-state index is 10.3. The summed E-state index contributed by atoms with van der Waals surface area (Å²) in [6.45, 7) is 0. The van der Waals surface area contributed by atoms with Crippen molar-refractivity contribution >= 4 is 22.4 Å². The predicted molar refractivity (Wildman–Crippen MR) is 45.7 cm³/mol. The van der Waals surface area contributed by atoms with Crippen molar-refractivity contribution in [3.63, 3.8) is 0 Å². The molecular weight excluding hydrogens is 178 g/mol. The summed E-state index contributed by atoms with van der Waals surface area (Å²) in [6.07, 6.45) is 1.41. The lowest BCUT2D eigenvalue weighted by Crippen LogP contribution is -2.13. The smallest absolute Gasteiger partial charge is 0.305 e. The Morgan fingerprint density at radius 1 is 1.83 bits per heavy atom. The minimum Gasteiger partial charge on any atom is -0.481 e. The fourth-order valence-electron chi connectivity index (χ4n) is 0.761. The molecule has 1 heterocycles. The zero-order valence-electron chi connectivity index (χ0n) is 6.23. The minimum atomic E-state index is -0.922. The van der Waals surface area contributed by atoms with Gasteiger partial charge in [-0.05, 0) is 0 Å². The van der Waals surface area contributed by atoms with Crippen LogP contribution >= 0.6 is 11.3 Å². The molecule has 1 aromatic heterocycles. The van der Waals surface area contributed by atoms with Crippen LogP contribution in [0.4, 0.5) is 5.13 Å². The first-order valence-electron chi connectivity index (χ1n) is 3.28. The number of carboxylic acids is 1. The molecule has 0 aromatic carbocycles. The van der Waals surface area contributed by atoms with Crippen molar-refractivity contribution in [1.29, 1.82) is 0 Å². The average Bonchev–Trinajstić information content (AvgIpc) is 2.34. The molecule has 5 nitrogen and oxygen atoms in total.